The third kappa shape index (κ3) is 2.00. The normalized spacial score (nSPS) is 9.64. The highest BCUT2D eigenvalue weighted by atomic mass is 79.9. The number of methoxy groups -OCH3 is 1. The van der Waals surface area contributed by atoms with Crippen LogP contribution in [0.4, 0.5) is 0 Å². The van der Waals surface area contributed by atoms with Crippen molar-refractivity contribution in [3.05, 3.63) is 16.1 Å². The van der Waals surface area contributed by atoms with E-state index < -0.39 is 0 Å². The number of halogens is 1. The third-order valence-corrected chi connectivity index (χ3v) is 2.81. The molecule has 0 saturated heterocycles. The van der Waals surface area contributed by atoms with Gasteiger partial charge >= 0.3 is 5.97 Å². The van der Waals surface area contributed by atoms with Crippen LogP contribution in [0.2, 0.25) is 0 Å². The van der Waals surface area contributed by atoms with Gasteiger partial charge in [-0.05, 0) is 0 Å². The summed E-state index contributed by atoms with van der Waals surface area (Å²) in [4.78, 5) is 14.8. The zero-order valence-corrected chi connectivity index (χ0v) is 8.24. The summed E-state index contributed by atoms with van der Waals surface area (Å²) >= 11 is 4.67. The van der Waals surface area contributed by atoms with E-state index in [1.54, 1.807) is 5.38 Å². The first-order valence-corrected chi connectivity index (χ1v) is 4.86. The standard InChI is InChI=1S/C6H6BrNO2S/c1-10-6(9)4-3-11-5(2-7)8-4/h3H,2H2,1H3. The molecule has 0 aliphatic heterocycles. The number of alkyl halides is 1. The summed E-state index contributed by atoms with van der Waals surface area (Å²) in [5, 5.41) is 3.24. The Morgan fingerprint density at radius 3 is 3.09 bits per heavy atom. The van der Waals surface area contributed by atoms with E-state index in [2.05, 4.69) is 25.7 Å². The van der Waals surface area contributed by atoms with Gasteiger partial charge in [-0.2, -0.15) is 0 Å². The SMILES string of the molecule is COC(=O)c1csc(CBr)n1. The quantitative estimate of drug-likeness (QED) is 0.580. The second kappa shape index (κ2) is 3.82. The fraction of sp³-hybridized carbons (Fsp3) is 0.333. The molecule has 0 amide bonds. The van der Waals surface area contributed by atoms with Gasteiger partial charge in [0.25, 0.3) is 0 Å². The third-order valence-electron chi connectivity index (χ3n) is 1.06. The molecule has 0 atom stereocenters. The lowest BCUT2D eigenvalue weighted by atomic mass is 10.5. The maximum Gasteiger partial charge on any atom is 0.357 e. The number of hydrogen-bond acceptors (Lipinski definition) is 4. The predicted molar refractivity (Wildman–Crippen MR) is 46.1 cm³/mol. The Morgan fingerprint density at radius 2 is 2.64 bits per heavy atom. The van der Waals surface area contributed by atoms with Gasteiger partial charge in [0.2, 0.25) is 0 Å². The van der Waals surface area contributed by atoms with E-state index in [1.165, 1.54) is 18.4 Å². The topological polar surface area (TPSA) is 39.2 Å². The molecule has 0 spiro atoms. The number of ether oxygens (including phenoxy) is 1. The molecule has 1 aromatic heterocycles. The van der Waals surface area contributed by atoms with Gasteiger partial charge in [0, 0.05) is 5.38 Å². The van der Waals surface area contributed by atoms with Gasteiger partial charge in [-0.1, -0.05) is 15.9 Å². The molecular formula is C6H6BrNO2S. The van der Waals surface area contributed by atoms with Crippen molar-refractivity contribution in [2.75, 3.05) is 7.11 Å². The number of nitrogens with zero attached hydrogens (tertiary/aromatic N) is 1. The van der Waals surface area contributed by atoms with E-state index in [0.29, 0.717) is 11.0 Å². The second-order valence-electron chi connectivity index (χ2n) is 1.75. The van der Waals surface area contributed by atoms with Crippen LogP contribution in [0.1, 0.15) is 15.5 Å². The van der Waals surface area contributed by atoms with Crippen molar-refractivity contribution in [2.45, 2.75) is 5.33 Å². The second-order valence-corrected chi connectivity index (χ2v) is 3.26. The number of aromatic nitrogens is 1. The minimum atomic E-state index is -0.381. The van der Waals surface area contributed by atoms with Gasteiger partial charge in [-0.25, -0.2) is 9.78 Å². The molecule has 1 aromatic rings. The van der Waals surface area contributed by atoms with E-state index >= 15 is 0 Å². The molecular weight excluding hydrogens is 230 g/mol. The van der Waals surface area contributed by atoms with Crippen molar-refractivity contribution in [2.24, 2.45) is 0 Å². The lowest BCUT2D eigenvalue weighted by molar-refractivity contribution is 0.0595. The average molecular weight is 236 g/mol. The first-order chi connectivity index (χ1) is 5.27. The average Bonchev–Trinajstić information content (AvgIpc) is 2.50. The lowest BCUT2D eigenvalue weighted by Crippen LogP contribution is -2.01. The van der Waals surface area contributed by atoms with Crippen LogP contribution in [0, 0.1) is 0 Å². The van der Waals surface area contributed by atoms with Crippen LogP contribution >= 0.6 is 27.3 Å². The summed E-state index contributed by atoms with van der Waals surface area (Å²) in [6, 6.07) is 0. The summed E-state index contributed by atoms with van der Waals surface area (Å²) in [6.45, 7) is 0. The fourth-order valence-corrected chi connectivity index (χ4v) is 1.70. The molecule has 0 radical (unpaired) electrons. The summed E-state index contributed by atoms with van der Waals surface area (Å²) in [5.74, 6) is -0.381. The van der Waals surface area contributed by atoms with Crippen LogP contribution in [0.15, 0.2) is 5.38 Å². The molecule has 11 heavy (non-hydrogen) atoms. The van der Waals surface area contributed by atoms with Gasteiger partial charge in [0.05, 0.1) is 12.4 Å². The van der Waals surface area contributed by atoms with Crippen LogP contribution in [-0.2, 0) is 10.1 Å². The summed E-state index contributed by atoms with van der Waals surface area (Å²) < 4.78 is 4.48. The van der Waals surface area contributed by atoms with Crippen molar-refractivity contribution >= 4 is 33.2 Å². The molecule has 0 N–H and O–H groups in total. The molecule has 1 heterocycles. The molecule has 1 rings (SSSR count). The number of carbonyl (C=O) groups is 1. The first-order valence-electron chi connectivity index (χ1n) is 2.86. The lowest BCUT2D eigenvalue weighted by Gasteiger charge is -1.90. The summed E-state index contributed by atoms with van der Waals surface area (Å²) in [6.07, 6.45) is 0. The molecule has 3 nitrogen and oxygen atoms in total. The first kappa shape index (κ1) is 8.67. The highest BCUT2D eigenvalue weighted by Crippen LogP contribution is 2.13. The number of rotatable bonds is 2. The smallest absolute Gasteiger partial charge is 0.357 e. The fourth-order valence-electron chi connectivity index (χ4n) is 0.571. The molecule has 0 aliphatic rings. The Morgan fingerprint density at radius 1 is 1.91 bits per heavy atom. The molecule has 5 heteroatoms. The maximum absolute atomic E-state index is 10.8. The Bertz CT molecular complexity index is 261. The van der Waals surface area contributed by atoms with E-state index in [9.17, 15) is 4.79 Å². The van der Waals surface area contributed by atoms with Crippen molar-refractivity contribution < 1.29 is 9.53 Å². The van der Waals surface area contributed by atoms with Gasteiger partial charge in [0.1, 0.15) is 5.01 Å². The molecule has 0 aromatic carbocycles. The zero-order valence-electron chi connectivity index (χ0n) is 5.83. The zero-order chi connectivity index (χ0) is 8.27. The van der Waals surface area contributed by atoms with E-state index in [-0.39, 0.29) is 5.97 Å². The molecule has 0 saturated carbocycles. The van der Waals surface area contributed by atoms with Crippen LogP contribution in [-0.4, -0.2) is 18.1 Å². The number of hydrogen-bond donors (Lipinski definition) is 0. The van der Waals surface area contributed by atoms with Gasteiger partial charge < -0.3 is 4.74 Å². The van der Waals surface area contributed by atoms with E-state index in [1.807, 2.05) is 0 Å². The van der Waals surface area contributed by atoms with Crippen molar-refractivity contribution in [3.63, 3.8) is 0 Å². The van der Waals surface area contributed by atoms with Crippen LogP contribution in [0.3, 0.4) is 0 Å². The Labute approximate surface area is 76.5 Å². The monoisotopic (exact) mass is 235 g/mol. The van der Waals surface area contributed by atoms with Gasteiger partial charge in [-0.3, -0.25) is 0 Å². The largest absolute Gasteiger partial charge is 0.464 e. The predicted octanol–water partition coefficient (Wildman–Crippen LogP) is 1.82. The Hall–Kier alpha value is -0.420. The molecule has 0 fully saturated rings. The van der Waals surface area contributed by atoms with E-state index in [4.69, 9.17) is 0 Å². The minimum Gasteiger partial charge on any atom is -0.464 e. The van der Waals surface area contributed by atoms with Gasteiger partial charge in [-0.15, -0.1) is 11.3 Å². The molecule has 0 unspecified atom stereocenters. The Kier molecular flexibility index (Phi) is 3.02. The minimum absolute atomic E-state index is 0.381. The van der Waals surface area contributed by atoms with Crippen molar-refractivity contribution in [1.82, 2.24) is 4.98 Å². The maximum atomic E-state index is 10.8. The number of esters is 1. The molecule has 60 valence electrons. The van der Waals surface area contributed by atoms with Crippen molar-refractivity contribution in [3.8, 4) is 0 Å². The highest BCUT2D eigenvalue weighted by molar-refractivity contribution is 9.08. The van der Waals surface area contributed by atoms with Crippen LogP contribution < -0.4 is 0 Å². The highest BCUT2D eigenvalue weighted by Gasteiger charge is 2.08. The molecule has 0 bridgehead atoms. The van der Waals surface area contributed by atoms with Gasteiger partial charge in [0.15, 0.2) is 5.69 Å². The van der Waals surface area contributed by atoms with Crippen LogP contribution in [0.5, 0.6) is 0 Å². The van der Waals surface area contributed by atoms with E-state index in [0.717, 1.165) is 5.01 Å². The summed E-state index contributed by atoms with van der Waals surface area (Å²) in [5.41, 5.74) is 0.381. The Balaban J connectivity index is 2.80. The molecule has 0 aliphatic carbocycles. The number of thiazole rings is 1. The number of carbonyl (C=O) groups excluding carboxylic acids is 1. The van der Waals surface area contributed by atoms with Crippen LogP contribution in [0.25, 0.3) is 0 Å². The summed E-state index contributed by atoms with van der Waals surface area (Å²) in [7, 11) is 1.34. The van der Waals surface area contributed by atoms with Crippen molar-refractivity contribution in [1.29, 1.82) is 0 Å².